The number of carboxylic acids is 1. The second kappa shape index (κ2) is 7.87. The zero-order valence-corrected chi connectivity index (χ0v) is 18.0. The number of nitrogens with one attached hydrogen (secondary N) is 1. The van der Waals surface area contributed by atoms with Crippen LogP contribution >= 0.6 is 11.3 Å². The summed E-state index contributed by atoms with van der Waals surface area (Å²) in [6.45, 7) is 3.89. The molecule has 2 N–H and O–H groups in total. The second-order valence-corrected chi connectivity index (χ2v) is 9.53. The van der Waals surface area contributed by atoms with Crippen LogP contribution in [0.3, 0.4) is 0 Å². The highest BCUT2D eigenvalue weighted by Gasteiger charge is 2.54. The van der Waals surface area contributed by atoms with Crippen molar-refractivity contribution in [1.29, 1.82) is 0 Å². The SMILES string of the molecule is COC(=O)c1c(NC(=O)[C@@H]2[C@H]3CC[C@@H](C3)[C@@H]2C(=O)O)sc(C)c1-c1ccc(C)cc1. The number of hydrogen-bond acceptors (Lipinski definition) is 5. The third-order valence-electron chi connectivity index (χ3n) is 6.56. The Labute approximate surface area is 179 Å². The number of rotatable bonds is 5. The number of amides is 1. The molecule has 30 heavy (non-hydrogen) atoms. The smallest absolute Gasteiger partial charge is 0.341 e. The van der Waals surface area contributed by atoms with E-state index in [1.807, 2.05) is 38.1 Å². The van der Waals surface area contributed by atoms with E-state index in [1.165, 1.54) is 18.4 Å². The van der Waals surface area contributed by atoms with Crippen molar-refractivity contribution in [1.82, 2.24) is 0 Å². The molecule has 0 aliphatic heterocycles. The van der Waals surface area contributed by atoms with Crippen LogP contribution in [0, 0.1) is 37.5 Å². The van der Waals surface area contributed by atoms with Gasteiger partial charge in [-0.3, -0.25) is 9.59 Å². The first-order valence-corrected chi connectivity index (χ1v) is 11.0. The minimum Gasteiger partial charge on any atom is -0.481 e. The lowest BCUT2D eigenvalue weighted by Gasteiger charge is -2.26. The van der Waals surface area contributed by atoms with Crippen molar-refractivity contribution < 1.29 is 24.2 Å². The molecule has 2 fully saturated rings. The summed E-state index contributed by atoms with van der Waals surface area (Å²) in [6.07, 6.45) is 2.54. The molecule has 1 aromatic carbocycles. The number of fused-ring (bicyclic) bond motifs is 2. The standard InChI is InChI=1S/C23H25NO5S/c1-11-4-6-13(7-5-11)16-12(2)30-21(19(16)23(28)29-3)24-20(25)17-14-8-9-15(10-14)18(17)22(26)27/h4-7,14-15,17-18H,8-10H2,1-3H3,(H,24,25)(H,26,27)/t14-,15-,17+,18-/m0/s1. The Kier molecular flexibility index (Phi) is 5.40. The first-order valence-electron chi connectivity index (χ1n) is 10.1. The van der Waals surface area contributed by atoms with E-state index in [0.717, 1.165) is 40.8 Å². The molecule has 1 aromatic heterocycles. The number of carboxylic acid groups (broad SMARTS) is 1. The Morgan fingerprint density at radius 1 is 1.07 bits per heavy atom. The largest absolute Gasteiger partial charge is 0.481 e. The Bertz CT molecular complexity index is 1010. The lowest BCUT2D eigenvalue weighted by molar-refractivity contribution is -0.148. The van der Waals surface area contributed by atoms with E-state index in [0.29, 0.717) is 10.6 Å². The second-order valence-electron chi connectivity index (χ2n) is 8.31. The minimum absolute atomic E-state index is 0.0662. The van der Waals surface area contributed by atoms with E-state index in [2.05, 4.69) is 5.32 Å². The molecule has 4 rings (SSSR count). The van der Waals surface area contributed by atoms with Crippen LogP contribution in [-0.2, 0) is 14.3 Å². The lowest BCUT2D eigenvalue weighted by Crippen LogP contribution is -2.37. The fourth-order valence-corrected chi connectivity index (χ4v) is 6.28. The van der Waals surface area contributed by atoms with Gasteiger partial charge in [0, 0.05) is 10.4 Å². The van der Waals surface area contributed by atoms with Gasteiger partial charge in [0.25, 0.3) is 0 Å². The number of thiophene rings is 1. The molecule has 2 aliphatic rings. The average molecular weight is 428 g/mol. The van der Waals surface area contributed by atoms with Crippen molar-refractivity contribution >= 4 is 34.2 Å². The molecule has 0 unspecified atom stereocenters. The summed E-state index contributed by atoms with van der Waals surface area (Å²) in [5.41, 5.74) is 3.05. The quantitative estimate of drug-likeness (QED) is 0.685. The summed E-state index contributed by atoms with van der Waals surface area (Å²) < 4.78 is 5.01. The van der Waals surface area contributed by atoms with Crippen molar-refractivity contribution in [2.24, 2.45) is 23.7 Å². The summed E-state index contributed by atoms with van der Waals surface area (Å²) in [6, 6.07) is 7.83. The van der Waals surface area contributed by atoms with E-state index in [4.69, 9.17) is 4.74 Å². The lowest BCUT2D eigenvalue weighted by atomic mass is 9.78. The first-order chi connectivity index (χ1) is 14.3. The highest BCUT2D eigenvalue weighted by atomic mass is 32.1. The fraction of sp³-hybridized carbons (Fsp3) is 0.435. The molecule has 6 nitrogen and oxygen atoms in total. The highest BCUT2D eigenvalue weighted by molar-refractivity contribution is 7.17. The summed E-state index contributed by atoms with van der Waals surface area (Å²) in [5, 5.41) is 13.0. The number of hydrogen-bond donors (Lipinski definition) is 2. The van der Waals surface area contributed by atoms with E-state index in [9.17, 15) is 19.5 Å². The average Bonchev–Trinajstić information content (AvgIpc) is 3.41. The number of aliphatic carboxylic acids is 1. The van der Waals surface area contributed by atoms with Gasteiger partial charge in [-0.1, -0.05) is 29.8 Å². The number of ether oxygens (including phenoxy) is 1. The molecular formula is C23H25NO5S. The molecule has 2 aliphatic carbocycles. The molecule has 158 valence electrons. The van der Waals surface area contributed by atoms with E-state index in [-0.39, 0.29) is 17.7 Å². The molecule has 2 aromatic rings. The molecule has 4 atom stereocenters. The molecule has 0 spiro atoms. The maximum absolute atomic E-state index is 13.2. The third-order valence-corrected chi connectivity index (χ3v) is 7.58. The van der Waals surface area contributed by atoms with Gasteiger partial charge in [0.2, 0.25) is 5.91 Å². The molecular weight excluding hydrogens is 402 g/mol. The van der Waals surface area contributed by atoms with Gasteiger partial charge in [0.05, 0.1) is 18.9 Å². The number of carbonyl (C=O) groups is 3. The molecule has 2 saturated carbocycles. The fourth-order valence-electron chi connectivity index (χ4n) is 5.22. The van der Waals surface area contributed by atoms with Gasteiger partial charge in [-0.15, -0.1) is 11.3 Å². The first kappa shape index (κ1) is 20.6. The molecule has 2 bridgehead atoms. The van der Waals surface area contributed by atoms with Gasteiger partial charge in [-0.2, -0.15) is 0 Å². The Morgan fingerprint density at radius 3 is 2.30 bits per heavy atom. The van der Waals surface area contributed by atoms with Crippen LogP contribution in [0.2, 0.25) is 0 Å². The maximum Gasteiger partial charge on any atom is 0.341 e. The van der Waals surface area contributed by atoms with Crippen LogP contribution in [-0.4, -0.2) is 30.1 Å². The number of aryl methyl sites for hydroxylation is 2. The van der Waals surface area contributed by atoms with Gasteiger partial charge >= 0.3 is 11.9 Å². The van der Waals surface area contributed by atoms with E-state index < -0.39 is 23.8 Å². The topological polar surface area (TPSA) is 92.7 Å². The summed E-state index contributed by atoms with van der Waals surface area (Å²) in [4.78, 5) is 38.5. The predicted molar refractivity (Wildman–Crippen MR) is 115 cm³/mol. The van der Waals surface area contributed by atoms with Crippen LogP contribution in [0.25, 0.3) is 11.1 Å². The molecule has 7 heteroatoms. The Morgan fingerprint density at radius 2 is 1.70 bits per heavy atom. The number of benzene rings is 1. The van der Waals surface area contributed by atoms with E-state index >= 15 is 0 Å². The van der Waals surface area contributed by atoms with Gasteiger partial charge in [-0.25, -0.2) is 4.79 Å². The van der Waals surface area contributed by atoms with Crippen molar-refractivity contribution in [3.05, 3.63) is 40.3 Å². The minimum atomic E-state index is -0.904. The number of anilines is 1. The Balaban J connectivity index is 1.70. The van der Waals surface area contributed by atoms with Crippen molar-refractivity contribution in [2.45, 2.75) is 33.1 Å². The number of methoxy groups -OCH3 is 1. The van der Waals surface area contributed by atoms with Crippen LogP contribution in [0.15, 0.2) is 24.3 Å². The van der Waals surface area contributed by atoms with Crippen LogP contribution in [0.5, 0.6) is 0 Å². The van der Waals surface area contributed by atoms with Crippen molar-refractivity contribution in [3.8, 4) is 11.1 Å². The van der Waals surface area contributed by atoms with Crippen LogP contribution in [0.4, 0.5) is 5.00 Å². The van der Waals surface area contributed by atoms with Gasteiger partial charge < -0.3 is 15.2 Å². The van der Waals surface area contributed by atoms with Gasteiger partial charge in [-0.05, 0) is 50.5 Å². The number of carbonyl (C=O) groups excluding carboxylic acids is 2. The third kappa shape index (κ3) is 3.41. The van der Waals surface area contributed by atoms with Gasteiger partial charge in [0.1, 0.15) is 10.6 Å². The van der Waals surface area contributed by atoms with Crippen LogP contribution < -0.4 is 5.32 Å². The summed E-state index contributed by atoms with van der Waals surface area (Å²) in [7, 11) is 1.32. The van der Waals surface area contributed by atoms with Crippen LogP contribution in [0.1, 0.15) is 40.1 Å². The molecule has 1 amide bonds. The van der Waals surface area contributed by atoms with Gasteiger partial charge in [0.15, 0.2) is 0 Å². The molecule has 0 radical (unpaired) electrons. The van der Waals surface area contributed by atoms with Crippen molar-refractivity contribution in [2.75, 3.05) is 12.4 Å². The predicted octanol–water partition coefficient (Wildman–Crippen LogP) is 4.50. The number of esters is 1. The summed E-state index contributed by atoms with van der Waals surface area (Å²) in [5.74, 6) is -2.78. The maximum atomic E-state index is 13.2. The zero-order chi connectivity index (χ0) is 21.6. The molecule has 0 saturated heterocycles. The normalized spacial score (nSPS) is 24.6. The zero-order valence-electron chi connectivity index (χ0n) is 17.2. The monoisotopic (exact) mass is 427 g/mol. The highest BCUT2D eigenvalue weighted by Crippen LogP contribution is 2.53. The Hall–Kier alpha value is -2.67. The van der Waals surface area contributed by atoms with E-state index in [1.54, 1.807) is 0 Å². The summed E-state index contributed by atoms with van der Waals surface area (Å²) >= 11 is 1.32. The van der Waals surface area contributed by atoms with Crippen molar-refractivity contribution in [3.63, 3.8) is 0 Å². The molecule has 1 heterocycles.